The molecule has 1 N–H and O–H groups in total. The summed E-state index contributed by atoms with van der Waals surface area (Å²) in [5.41, 5.74) is 1.55. The average Bonchev–Trinajstić information content (AvgIpc) is 2.81. The second-order valence-electron chi connectivity index (χ2n) is 8.39. The molecule has 0 aliphatic carbocycles. The number of halogens is 2. The summed E-state index contributed by atoms with van der Waals surface area (Å²) < 4.78 is 26.1. The highest BCUT2D eigenvalue weighted by Crippen LogP contribution is 2.22. The number of hydrogen-bond acceptors (Lipinski definition) is 4. The van der Waals surface area contributed by atoms with Gasteiger partial charge in [-0.1, -0.05) is 0 Å². The zero-order valence-corrected chi connectivity index (χ0v) is 18.0. The molecule has 2 aromatic carbocycles. The Morgan fingerprint density at radius 3 is 1.97 bits per heavy atom. The topological polar surface area (TPSA) is 55.9 Å². The first-order valence-electron chi connectivity index (χ1n) is 11.0. The smallest absolute Gasteiger partial charge is 0.238 e. The van der Waals surface area contributed by atoms with Crippen molar-refractivity contribution in [1.82, 2.24) is 9.80 Å². The molecule has 2 aliphatic rings. The third kappa shape index (κ3) is 5.62. The number of nitrogens with one attached hydrogen (secondary N) is 1. The molecule has 2 heterocycles. The summed E-state index contributed by atoms with van der Waals surface area (Å²) in [5.74, 6) is -0.547. The number of nitrogens with zero attached hydrogens (tertiary/aromatic N) is 3. The molecule has 4 rings (SSSR count). The van der Waals surface area contributed by atoms with Crippen LogP contribution in [0.2, 0.25) is 0 Å². The van der Waals surface area contributed by atoms with Crippen LogP contribution in [0.4, 0.5) is 20.2 Å². The van der Waals surface area contributed by atoms with Gasteiger partial charge in [0.25, 0.3) is 0 Å². The predicted molar refractivity (Wildman–Crippen MR) is 119 cm³/mol. The zero-order chi connectivity index (χ0) is 22.5. The van der Waals surface area contributed by atoms with E-state index in [0.29, 0.717) is 31.9 Å². The third-order valence-corrected chi connectivity index (χ3v) is 6.22. The maximum absolute atomic E-state index is 13.1. The van der Waals surface area contributed by atoms with Crippen LogP contribution >= 0.6 is 0 Å². The summed E-state index contributed by atoms with van der Waals surface area (Å²) in [7, 11) is 0. The van der Waals surface area contributed by atoms with Crippen LogP contribution in [-0.2, 0) is 9.59 Å². The Morgan fingerprint density at radius 2 is 1.38 bits per heavy atom. The van der Waals surface area contributed by atoms with E-state index in [1.165, 1.54) is 36.4 Å². The Kier molecular flexibility index (Phi) is 6.99. The monoisotopic (exact) mass is 442 g/mol. The van der Waals surface area contributed by atoms with Crippen molar-refractivity contribution in [2.45, 2.75) is 12.8 Å². The van der Waals surface area contributed by atoms with Crippen molar-refractivity contribution in [3.05, 3.63) is 60.2 Å². The minimum atomic E-state index is -0.341. The van der Waals surface area contributed by atoms with Crippen molar-refractivity contribution in [2.24, 2.45) is 5.92 Å². The van der Waals surface area contributed by atoms with Gasteiger partial charge in [0, 0.05) is 43.5 Å². The minimum absolute atomic E-state index is 0.0104. The van der Waals surface area contributed by atoms with Gasteiger partial charge >= 0.3 is 0 Å². The van der Waals surface area contributed by atoms with Crippen LogP contribution in [0.3, 0.4) is 0 Å². The highest BCUT2D eigenvalue weighted by atomic mass is 19.1. The molecule has 32 heavy (non-hydrogen) atoms. The van der Waals surface area contributed by atoms with Crippen LogP contribution in [0.1, 0.15) is 12.8 Å². The van der Waals surface area contributed by atoms with Crippen LogP contribution in [0.25, 0.3) is 0 Å². The number of benzene rings is 2. The molecule has 170 valence electrons. The van der Waals surface area contributed by atoms with Gasteiger partial charge in [-0.2, -0.15) is 0 Å². The normalized spacial score (nSPS) is 17.9. The quantitative estimate of drug-likeness (QED) is 0.774. The van der Waals surface area contributed by atoms with Gasteiger partial charge in [0.15, 0.2) is 0 Å². The molecule has 0 aromatic heterocycles. The standard InChI is InChI=1S/C24H28F2N4O2/c25-19-1-5-21(6-2-19)27-23(31)17-28-11-9-18(10-12-28)24(32)30-15-13-29(14-16-30)22-7-3-20(26)4-8-22/h1-8,18H,9-17H2,(H,27,31). The third-order valence-electron chi connectivity index (χ3n) is 6.22. The highest BCUT2D eigenvalue weighted by molar-refractivity contribution is 5.92. The largest absolute Gasteiger partial charge is 0.368 e. The number of likely N-dealkylation sites (tertiary alicyclic amines) is 1. The fourth-order valence-corrected chi connectivity index (χ4v) is 4.37. The molecule has 2 amide bonds. The van der Waals surface area contributed by atoms with Crippen LogP contribution in [0.15, 0.2) is 48.5 Å². The van der Waals surface area contributed by atoms with Gasteiger partial charge in [0.05, 0.1) is 6.54 Å². The maximum Gasteiger partial charge on any atom is 0.238 e. The number of hydrogen-bond donors (Lipinski definition) is 1. The lowest BCUT2D eigenvalue weighted by atomic mass is 9.95. The van der Waals surface area contributed by atoms with Crippen LogP contribution < -0.4 is 10.2 Å². The number of piperidine rings is 1. The molecule has 0 unspecified atom stereocenters. The molecule has 0 atom stereocenters. The van der Waals surface area contributed by atoms with E-state index in [-0.39, 0.29) is 35.9 Å². The van der Waals surface area contributed by atoms with Gasteiger partial charge < -0.3 is 15.1 Å². The van der Waals surface area contributed by atoms with Gasteiger partial charge in [-0.05, 0) is 74.5 Å². The second-order valence-corrected chi connectivity index (χ2v) is 8.39. The molecular formula is C24H28F2N4O2. The van der Waals surface area contributed by atoms with Gasteiger partial charge in [0.2, 0.25) is 11.8 Å². The van der Waals surface area contributed by atoms with E-state index in [4.69, 9.17) is 0 Å². The summed E-state index contributed by atoms with van der Waals surface area (Å²) in [6.07, 6.45) is 1.47. The Bertz CT molecular complexity index is 920. The first-order chi connectivity index (χ1) is 15.5. The van der Waals surface area contributed by atoms with Gasteiger partial charge in [-0.25, -0.2) is 8.78 Å². The minimum Gasteiger partial charge on any atom is -0.368 e. The molecule has 2 saturated heterocycles. The summed E-state index contributed by atoms with van der Waals surface area (Å²) in [6, 6.07) is 12.2. The Morgan fingerprint density at radius 1 is 0.812 bits per heavy atom. The Hall–Kier alpha value is -3.00. The van der Waals surface area contributed by atoms with Crippen LogP contribution in [0, 0.1) is 17.6 Å². The van der Waals surface area contributed by atoms with Gasteiger partial charge in [-0.3, -0.25) is 14.5 Å². The molecule has 0 bridgehead atoms. The van der Waals surface area contributed by atoms with Crippen molar-refractivity contribution in [3.8, 4) is 0 Å². The zero-order valence-electron chi connectivity index (χ0n) is 18.0. The molecule has 8 heteroatoms. The molecule has 6 nitrogen and oxygen atoms in total. The summed E-state index contributed by atoms with van der Waals surface area (Å²) in [4.78, 5) is 31.4. The summed E-state index contributed by atoms with van der Waals surface area (Å²) in [6.45, 7) is 4.45. The summed E-state index contributed by atoms with van der Waals surface area (Å²) >= 11 is 0. The summed E-state index contributed by atoms with van der Waals surface area (Å²) in [5, 5.41) is 2.77. The first-order valence-corrected chi connectivity index (χ1v) is 11.0. The number of anilines is 2. The maximum atomic E-state index is 13.1. The number of rotatable bonds is 5. The Balaban J connectivity index is 1.19. The molecular weight excluding hydrogens is 414 g/mol. The highest BCUT2D eigenvalue weighted by Gasteiger charge is 2.31. The molecule has 0 spiro atoms. The number of carbonyl (C=O) groups excluding carboxylic acids is 2. The van der Waals surface area contributed by atoms with E-state index >= 15 is 0 Å². The van der Waals surface area contributed by atoms with E-state index in [1.54, 1.807) is 12.1 Å². The first kappa shape index (κ1) is 22.2. The molecule has 2 fully saturated rings. The SMILES string of the molecule is O=C(CN1CCC(C(=O)N2CCN(c3ccc(F)cc3)CC2)CC1)Nc1ccc(F)cc1. The predicted octanol–water partition coefficient (Wildman–Crippen LogP) is 2.96. The van der Waals surface area contributed by atoms with Gasteiger partial charge in [0.1, 0.15) is 11.6 Å². The van der Waals surface area contributed by atoms with Crippen molar-refractivity contribution >= 4 is 23.2 Å². The molecule has 0 radical (unpaired) electrons. The van der Waals surface area contributed by atoms with E-state index < -0.39 is 0 Å². The number of carbonyl (C=O) groups is 2. The number of piperazine rings is 1. The fraction of sp³-hybridized carbons (Fsp3) is 0.417. The van der Waals surface area contributed by atoms with E-state index in [0.717, 1.165) is 31.6 Å². The molecule has 0 saturated carbocycles. The average molecular weight is 443 g/mol. The lowest BCUT2D eigenvalue weighted by Gasteiger charge is -2.39. The van der Waals surface area contributed by atoms with Crippen molar-refractivity contribution < 1.29 is 18.4 Å². The fourth-order valence-electron chi connectivity index (χ4n) is 4.37. The van der Waals surface area contributed by atoms with Crippen LogP contribution in [0.5, 0.6) is 0 Å². The van der Waals surface area contributed by atoms with Gasteiger partial charge in [-0.15, -0.1) is 0 Å². The van der Waals surface area contributed by atoms with E-state index in [9.17, 15) is 18.4 Å². The number of amides is 2. The van der Waals surface area contributed by atoms with Crippen molar-refractivity contribution in [1.29, 1.82) is 0 Å². The lowest BCUT2D eigenvalue weighted by molar-refractivity contribution is -0.137. The van der Waals surface area contributed by atoms with Crippen LogP contribution in [-0.4, -0.2) is 67.4 Å². The van der Waals surface area contributed by atoms with E-state index in [1.807, 2.05) is 4.90 Å². The molecule has 2 aliphatic heterocycles. The van der Waals surface area contributed by atoms with E-state index in [2.05, 4.69) is 15.1 Å². The van der Waals surface area contributed by atoms with Crippen molar-refractivity contribution in [3.63, 3.8) is 0 Å². The molecule has 2 aromatic rings. The van der Waals surface area contributed by atoms with Crippen molar-refractivity contribution in [2.75, 3.05) is 56.0 Å². The lowest BCUT2D eigenvalue weighted by Crippen LogP contribution is -2.52. The second kappa shape index (κ2) is 10.1. The Labute approximate surface area is 186 Å².